The monoisotopic (exact) mass is 551 g/mol. The summed E-state index contributed by atoms with van der Waals surface area (Å²) in [6, 6.07) is 4.12. The van der Waals surface area contributed by atoms with E-state index in [0.29, 0.717) is 36.1 Å². The quantitative estimate of drug-likeness (QED) is 0.419. The zero-order valence-corrected chi connectivity index (χ0v) is 22.3. The van der Waals surface area contributed by atoms with Gasteiger partial charge in [0, 0.05) is 44.2 Å². The minimum atomic E-state index is -3.93. The lowest BCUT2D eigenvalue weighted by Crippen LogP contribution is -2.55. The number of piperidine rings is 1. The molecule has 2 atom stereocenters. The molecule has 9 nitrogen and oxygen atoms in total. The largest absolute Gasteiger partial charge is 0.337 e. The molecule has 12 heteroatoms. The van der Waals surface area contributed by atoms with Gasteiger partial charge in [-0.3, -0.25) is 14.5 Å². The number of hydrogen-bond donors (Lipinski definition) is 1. The van der Waals surface area contributed by atoms with Crippen molar-refractivity contribution in [2.75, 3.05) is 39.3 Å². The third-order valence-electron chi connectivity index (χ3n) is 7.05. The average Bonchev–Trinajstić information content (AvgIpc) is 3.49. The zero-order valence-electron chi connectivity index (χ0n) is 19.9. The highest BCUT2D eigenvalue weighted by atomic mass is 35.5. The van der Waals surface area contributed by atoms with Gasteiger partial charge in [0.1, 0.15) is 20.2 Å². The number of rotatable bonds is 7. The van der Waals surface area contributed by atoms with Crippen LogP contribution in [0.25, 0.3) is 10.2 Å². The molecule has 0 bridgehead atoms. The molecule has 2 unspecified atom stereocenters. The van der Waals surface area contributed by atoms with Gasteiger partial charge in [0.05, 0.1) is 6.54 Å². The smallest absolute Gasteiger partial charge is 0.250 e. The Balaban J connectivity index is 1.22. The van der Waals surface area contributed by atoms with E-state index in [2.05, 4.69) is 26.8 Å². The molecule has 2 amide bonds. The molecule has 194 valence electrons. The number of amides is 2. The first-order valence-corrected chi connectivity index (χ1v) is 15.0. The highest BCUT2D eigenvalue weighted by Gasteiger charge is 2.36. The van der Waals surface area contributed by atoms with Gasteiger partial charge in [-0.2, -0.15) is 4.72 Å². The molecule has 0 aromatic carbocycles. The van der Waals surface area contributed by atoms with Crippen LogP contribution in [0.2, 0.25) is 5.15 Å². The van der Waals surface area contributed by atoms with Crippen molar-refractivity contribution in [2.45, 2.75) is 48.4 Å². The van der Waals surface area contributed by atoms with Gasteiger partial charge in [0.15, 0.2) is 0 Å². The Morgan fingerprint density at radius 3 is 2.81 bits per heavy atom. The van der Waals surface area contributed by atoms with E-state index in [1.54, 1.807) is 12.1 Å². The molecule has 3 aliphatic heterocycles. The maximum atomic E-state index is 13.2. The van der Waals surface area contributed by atoms with Gasteiger partial charge in [0.25, 0.3) is 10.0 Å². The van der Waals surface area contributed by atoms with Crippen molar-refractivity contribution in [3.05, 3.63) is 35.5 Å². The Kier molecular flexibility index (Phi) is 7.64. The molecular formula is C24H30ClN5O4S2. The number of carbonyl (C=O) groups is 2. The maximum absolute atomic E-state index is 13.2. The van der Waals surface area contributed by atoms with E-state index < -0.39 is 16.1 Å². The highest BCUT2D eigenvalue weighted by molar-refractivity contribution is 7.91. The number of fused-ring (bicyclic) bond motifs is 1. The van der Waals surface area contributed by atoms with Crippen molar-refractivity contribution in [3.63, 3.8) is 0 Å². The van der Waals surface area contributed by atoms with Crippen LogP contribution in [-0.4, -0.2) is 91.3 Å². The van der Waals surface area contributed by atoms with Crippen LogP contribution in [0.5, 0.6) is 0 Å². The summed E-state index contributed by atoms with van der Waals surface area (Å²) in [4.78, 5) is 36.8. The molecule has 1 N–H and O–H groups in total. The van der Waals surface area contributed by atoms with Gasteiger partial charge in [-0.1, -0.05) is 23.8 Å². The molecule has 0 spiro atoms. The average molecular weight is 552 g/mol. The van der Waals surface area contributed by atoms with Crippen LogP contribution < -0.4 is 4.72 Å². The van der Waals surface area contributed by atoms with Crippen LogP contribution in [-0.2, 0) is 19.6 Å². The second-order valence-corrected chi connectivity index (χ2v) is 12.9. The minimum Gasteiger partial charge on any atom is -0.337 e. The first-order valence-electron chi connectivity index (χ1n) is 12.3. The molecule has 2 aromatic rings. The SMILES string of the molecule is O=C1C(NS(=O)(=O)c2cc3ccc(Cl)nc3s2)CCCN1CC(=O)N1CCCC1CN1CC=CCC1. The summed E-state index contributed by atoms with van der Waals surface area (Å²) in [6.45, 7) is 3.90. The third-order valence-corrected chi connectivity index (χ3v) is 10.3. The Hall–Kier alpha value is -2.05. The molecular weight excluding hydrogens is 522 g/mol. The molecule has 36 heavy (non-hydrogen) atoms. The number of nitrogens with zero attached hydrogens (tertiary/aromatic N) is 4. The standard InChI is InChI=1S/C24H30ClN5O4S2/c25-20-9-8-17-14-22(35-23(17)26-20)36(33,34)27-19-7-5-12-29(24(19)32)16-21(31)30-13-4-6-18(30)15-28-10-2-1-3-11-28/h1-2,8-9,14,18-19,27H,3-7,10-13,15-16H2. The van der Waals surface area contributed by atoms with E-state index >= 15 is 0 Å². The Morgan fingerprint density at radius 1 is 1.17 bits per heavy atom. The zero-order chi connectivity index (χ0) is 25.3. The molecule has 3 aliphatic rings. The molecule has 5 heterocycles. The van der Waals surface area contributed by atoms with Crippen LogP contribution in [0.15, 0.2) is 34.6 Å². The van der Waals surface area contributed by atoms with Gasteiger partial charge < -0.3 is 9.80 Å². The molecule has 0 radical (unpaired) electrons. The Labute approximate surface area is 220 Å². The Bertz CT molecular complexity index is 1280. The van der Waals surface area contributed by atoms with E-state index in [0.717, 1.165) is 50.2 Å². The summed E-state index contributed by atoms with van der Waals surface area (Å²) in [5, 5.41) is 0.963. The predicted octanol–water partition coefficient (Wildman–Crippen LogP) is 2.47. The van der Waals surface area contributed by atoms with Crippen LogP contribution in [0, 0.1) is 0 Å². The lowest BCUT2D eigenvalue weighted by atomic mass is 10.1. The van der Waals surface area contributed by atoms with E-state index in [9.17, 15) is 18.0 Å². The molecule has 0 aliphatic carbocycles. The van der Waals surface area contributed by atoms with E-state index in [1.165, 1.54) is 11.0 Å². The lowest BCUT2D eigenvalue weighted by Gasteiger charge is -2.35. The fraction of sp³-hybridized carbons (Fsp3) is 0.542. The Morgan fingerprint density at radius 2 is 2.00 bits per heavy atom. The van der Waals surface area contributed by atoms with E-state index in [1.807, 2.05) is 4.90 Å². The second-order valence-electron chi connectivity index (χ2n) is 9.57. The van der Waals surface area contributed by atoms with Crippen LogP contribution >= 0.6 is 22.9 Å². The maximum Gasteiger partial charge on any atom is 0.250 e. The van der Waals surface area contributed by atoms with Crippen molar-refractivity contribution in [1.82, 2.24) is 24.4 Å². The molecule has 2 aromatic heterocycles. The van der Waals surface area contributed by atoms with Crippen LogP contribution in [0.1, 0.15) is 32.1 Å². The summed E-state index contributed by atoms with van der Waals surface area (Å²) >= 11 is 6.93. The molecule has 5 rings (SSSR count). The van der Waals surface area contributed by atoms with Crippen LogP contribution in [0.4, 0.5) is 0 Å². The van der Waals surface area contributed by atoms with Gasteiger partial charge in [-0.15, -0.1) is 11.3 Å². The topological polar surface area (TPSA) is 103 Å². The molecule has 0 saturated carbocycles. The van der Waals surface area contributed by atoms with Crippen molar-refractivity contribution >= 4 is 55.0 Å². The number of pyridine rings is 1. The van der Waals surface area contributed by atoms with Gasteiger partial charge in [0.2, 0.25) is 11.8 Å². The summed E-state index contributed by atoms with van der Waals surface area (Å²) in [5.74, 6) is -0.410. The lowest BCUT2D eigenvalue weighted by molar-refractivity contribution is -0.143. The number of likely N-dealkylation sites (tertiary alicyclic amines) is 2. The van der Waals surface area contributed by atoms with Crippen molar-refractivity contribution < 1.29 is 18.0 Å². The van der Waals surface area contributed by atoms with Gasteiger partial charge in [-0.25, -0.2) is 13.4 Å². The van der Waals surface area contributed by atoms with Gasteiger partial charge in [-0.05, 0) is 50.3 Å². The fourth-order valence-electron chi connectivity index (χ4n) is 5.22. The normalized spacial score (nSPS) is 23.6. The number of sulfonamides is 1. The highest BCUT2D eigenvalue weighted by Crippen LogP contribution is 2.29. The van der Waals surface area contributed by atoms with Crippen molar-refractivity contribution in [3.8, 4) is 0 Å². The molecule has 2 fully saturated rings. The fourth-order valence-corrected chi connectivity index (χ4v) is 7.99. The van der Waals surface area contributed by atoms with E-state index in [-0.39, 0.29) is 33.8 Å². The van der Waals surface area contributed by atoms with Crippen molar-refractivity contribution in [2.24, 2.45) is 0 Å². The third kappa shape index (κ3) is 5.60. The first kappa shape index (κ1) is 25.6. The predicted molar refractivity (Wildman–Crippen MR) is 139 cm³/mol. The number of nitrogens with one attached hydrogen (secondary N) is 1. The van der Waals surface area contributed by atoms with E-state index in [4.69, 9.17) is 11.6 Å². The second kappa shape index (κ2) is 10.7. The van der Waals surface area contributed by atoms with Gasteiger partial charge >= 0.3 is 0 Å². The number of aromatic nitrogens is 1. The summed E-state index contributed by atoms with van der Waals surface area (Å²) in [6.07, 6.45) is 8.35. The summed E-state index contributed by atoms with van der Waals surface area (Å²) in [5.41, 5.74) is 0. The number of thiophene rings is 1. The van der Waals surface area contributed by atoms with Crippen LogP contribution in [0.3, 0.4) is 0 Å². The number of carbonyl (C=O) groups excluding carboxylic acids is 2. The molecule has 2 saturated heterocycles. The van der Waals surface area contributed by atoms with Crippen molar-refractivity contribution in [1.29, 1.82) is 0 Å². The number of hydrogen-bond acceptors (Lipinski definition) is 7. The first-order chi connectivity index (χ1) is 17.3. The number of halogens is 1. The minimum absolute atomic E-state index is 0.0151. The summed E-state index contributed by atoms with van der Waals surface area (Å²) in [7, 11) is -3.93. The summed E-state index contributed by atoms with van der Waals surface area (Å²) < 4.78 is 28.8.